The molecule has 0 aliphatic carbocycles. The number of carbonyl (C=O) groups is 2. The number of carboxylic acid groups (broad SMARTS) is 1. The van der Waals surface area contributed by atoms with Gasteiger partial charge in [0.15, 0.2) is 0 Å². The molecule has 0 aliphatic rings. The van der Waals surface area contributed by atoms with Gasteiger partial charge in [0.1, 0.15) is 12.4 Å². The summed E-state index contributed by atoms with van der Waals surface area (Å²) in [5.41, 5.74) is 5.22. The molecule has 98 valence electrons. The van der Waals surface area contributed by atoms with E-state index in [2.05, 4.69) is 5.32 Å². The lowest BCUT2D eigenvalue weighted by Gasteiger charge is -2.07. The second-order valence-electron chi connectivity index (χ2n) is 3.40. The van der Waals surface area contributed by atoms with Crippen molar-refractivity contribution >= 4 is 17.6 Å². The monoisotopic (exact) mass is 256 g/mol. The first kappa shape index (κ1) is 13.9. The molecule has 4 N–H and O–H groups in total. The van der Waals surface area contributed by atoms with Crippen molar-refractivity contribution in [2.45, 2.75) is 0 Å². The number of para-hydroxylation sites is 1. The molecule has 0 fully saturated rings. The Morgan fingerprint density at radius 1 is 1.44 bits per heavy atom. The van der Waals surface area contributed by atoms with Gasteiger partial charge in [-0.1, -0.05) is 6.07 Å². The minimum atomic E-state index is -1.09. The molecule has 0 heterocycles. The van der Waals surface area contributed by atoms with Crippen LogP contribution in [0.3, 0.4) is 0 Å². The van der Waals surface area contributed by atoms with Crippen LogP contribution in [-0.4, -0.2) is 36.7 Å². The molecule has 7 heteroatoms. The van der Waals surface area contributed by atoms with E-state index >= 15 is 0 Å². The summed E-state index contributed by atoms with van der Waals surface area (Å²) in [5, 5.41) is 10.7. The number of nitrogen functional groups attached to an aromatic ring is 1. The van der Waals surface area contributed by atoms with Gasteiger partial charge in [-0.2, -0.15) is 0 Å². The number of carbonyl (C=O) groups excluding carboxylic acids is 1. The third-order valence-corrected chi connectivity index (χ3v) is 2.06. The van der Waals surface area contributed by atoms with Crippen molar-refractivity contribution < 1.29 is 23.8 Å². The number of hydrogen-bond donors (Lipinski definition) is 3. The zero-order valence-corrected chi connectivity index (χ0v) is 9.48. The van der Waals surface area contributed by atoms with E-state index in [1.807, 2.05) is 0 Å². The molecule has 1 aromatic rings. The fraction of sp³-hybridized carbons (Fsp3) is 0.273. The van der Waals surface area contributed by atoms with E-state index in [4.69, 9.17) is 15.6 Å². The highest BCUT2D eigenvalue weighted by Gasteiger charge is 2.11. The van der Waals surface area contributed by atoms with E-state index in [1.54, 1.807) is 0 Å². The molecule has 0 bridgehead atoms. The highest BCUT2D eigenvalue weighted by Crippen LogP contribution is 2.15. The van der Waals surface area contributed by atoms with Gasteiger partial charge in [-0.15, -0.1) is 0 Å². The second-order valence-corrected chi connectivity index (χ2v) is 3.40. The first-order valence-corrected chi connectivity index (χ1v) is 5.14. The molecule has 18 heavy (non-hydrogen) atoms. The van der Waals surface area contributed by atoms with E-state index in [1.165, 1.54) is 12.1 Å². The third-order valence-electron chi connectivity index (χ3n) is 2.06. The van der Waals surface area contributed by atoms with Crippen LogP contribution in [0.2, 0.25) is 0 Å². The van der Waals surface area contributed by atoms with E-state index < -0.39 is 24.3 Å². The topological polar surface area (TPSA) is 102 Å². The maximum Gasteiger partial charge on any atom is 0.329 e. The van der Waals surface area contributed by atoms with Crippen molar-refractivity contribution in [3.63, 3.8) is 0 Å². The van der Waals surface area contributed by atoms with Gasteiger partial charge in [-0.05, 0) is 12.1 Å². The molecule has 0 radical (unpaired) electrons. The van der Waals surface area contributed by atoms with Crippen molar-refractivity contribution in [2.24, 2.45) is 0 Å². The second kappa shape index (κ2) is 6.55. The maximum atomic E-state index is 13.1. The van der Waals surface area contributed by atoms with Crippen molar-refractivity contribution in [3.05, 3.63) is 29.6 Å². The van der Waals surface area contributed by atoms with Gasteiger partial charge in [-0.25, -0.2) is 9.18 Å². The van der Waals surface area contributed by atoms with Crippen LogP contribution in [0.15, 0.2) is 18.2 Å². The summed E-state index contributed by atoms with van der Waals surface area (Å²) in [4.78, 5) is 21.7. The first-order chi connectivity index (χ1) is 8.52. The normalized spacial score (nSPS) is 10.1. The maximum absolute atomic E-state index is 13.1. The Morgan fingerprint density at radius 2 is 2.17 bits per heavy atom. The average molecular weight is 256 g/mol. The van der Waals surface area contributed by atoms with Gasteiger partial charge in [-0.3, -0.25) is 4.79 Å². The number of aliphatic carboxylic acids is 1. The van der Waals surface area contributed by atoms with Crippen LogP contribution in [0.1, 0.15) is 10.4 Å². The number of halogens is 1. The molecule has 1 amide bonds. The molecule has 0 atom stereocenters. The zero-order valence-electron chi connectivity index (χ0n) is 9.48. The number of rotatable bonds is 6. The fourth-order valence-corrected chi connectivity index (χ4v) is 1.23. The lowest BCUT2D eigenvalue weighted by Crippen LogP contribution is -2.28. The Morgan fingerprint density at radius 3 is 2.83 bits per heavy atom. The van der Waals surface area contributed by atoms with E-state index in [0.29, 0.717) is 0 Å². The molecule has 0 aliphatic heterocycles. The number of carboxylic acids is 1. The fourth-order valence-electron chi connectivity index (χ4n) is 1.23. The van der Waals surface area contributed by atoms with Gasteiger partial charge in [0, 0.05) is 6.54 Å². The van der Waals surface area contributed by atoms with Crippen molar-refractivity contribution in [2.75, 3.05) is 25.5 Å². The molecular weight excluding hydrogens is 243 g/mol. The van der Waals surface area contributed by atoms with Gasteiger partial charge >= 0.3 is 5.97 Å². The molecule has 0 saturated carbocycles. The Bertz CT molecular complexity index is 451. The van der Waals surface area contributed by atoms with Crippen LogP contribution in [0.4, 0.5) is 10.1 Å². The largest absolute Gasteiger partial charge is 0.480 e. The van der Waals surface area contributed by atoms with Gasteiger partial charge in [0.25, 0.3) is 5.91 Å². The smallest absolute Gasteiger partial charge is 0.329 e. The highest BCUT2D eigenvalue weighted by atomic mass is 19.1. The van der Waals surface area contributed by atoms with Crippen LogP contribution in [0.5, 0.6) is 0 Å². The Labute approximate surface area is 103 Å². The van der Waals surface area contributed by atoms with Crippen molar-refractivity contribution in [3.8, 4) is 0 Å². The van der Waals surface area contributed by atoms with Crippen LogP contribution in [0.25, 0.3) is 0 Å². The minimum absolute atomic E-state index is 0.0354. The molecule has 6 nitrogen and oxygen atoms in total. The van der Waals surface area contributed by atoms with Gasteiger partial charge < -0.3 is 20.9 Å². The molecular formula is C11H13FN2O4. The molecule has 0 saturated heterocycles. The highest BCUT2D eigenvalue weighted by molar-refractivity contribution is 5.99. The van der Waals surface area contributed by atoms with Gasteiger partial charge in [0.2, 0.25) is 0 Å². The number of nitrogens with one attached hydrogen (secondary N) is 1. The average Bonchev–Trinajstić information content (AvgIpc) is 2.31. The number of anilines is 1. The van der Waals surface area contributed by atoms with E-state index in [-0.39, 0.29) is 24.4 Å². The summed E-state index contributed by atoms with van der Waals surface area (Å²) >= 11 is 0. The number of benzene rings is 1. The molecule has 0 unspecified atom stereocenters. The summed E-state index contributed by atoms with van der Waals surface area (Å²) in [6.07, 6.45) is 0. The quantitative estimate of drug-likeness (QED) is 0.500. The SMILES string of the molecule is Nc1c(F)cccc1C(=O)NCCOCC(=O)O. The van der Waals surface area contributed by atoms with Gasteiger partial charge in [0.05, 0.1) is 17.9 Å². The number of ether oxygens (including phenoxy) is 1. The van der Waals surface area contributed by atoms with E-state index in [9.17, 15) is 14.0 Å². The van der Waals surface area contributed by atoms with Crippen LogP contribution in [0, 0.1) is 5.82 Å². The number of hydrogen-bond acceptors (Lipinski definition) is 4. The summed E-state index contributed by atoms with van der Waals surface area (Å²) in [7, 11) is 0. The lowest BCUT2D eigenvalue weighted by atomic mass is 10.1. The van der Waals surface area contributed by atoms with Crippen molar-refractivity contribution in [1.29, 1.82) is 0 Å². The summed E-state index contributed by atoms with van der Waals surface area (Å²) in [5.74, 6) is -2.29. The molecule has 1 aromatic carbocycles. The molecule has 0 aromatic heterocycles. The van der Waals surface area contributed by atoms with Crippen molar-refractivity contribution in [1.82, 2.24) is 5.32 Å². The first-order valence-electron chi connectivity index (χ1n) is 5.14. The number of amides is 1. The Balaban J connectivity index is 2.41. The zero-order chi connectivity index (χ0) is 13.5. The van der Waals surface area contributed by atoms with Crippen LogP contribution in [-0.2, 0) is 9.53 Å². The summed E-state index contributed by atoms with van der Waals surface area (Å²) in [6.45, 7) is -0.271. The number of nitrogens with two attached hydrogens (primary N) is 1. The third kappa shape index (κ3) is 4.02. The van der Waals surface area contributed by atoms with Crippen LogP contribution >= 0.6 is 0 Å². The predicted molar refractivity (Wildman–Crippen MR) is 61.6 cm³/mol. The van der Waals surface area contributed by atoms with E-state index in [0.717, 1.165) is 6.07 Å². The molecule has 0 spiro atoms. The lowest BCUT2D eigenvalue weighted by molar-refractivity contribution is -0.142. The standard InChI is InChI=1S/C11H13FN2O4/c12-8-3-1-2-7(10(8)13)11(17)14-4-5-18-6-9(15)16/h1-3H,4-6,13H2,(H,14,17)(H,15,16). The Hall–Kier alpha value is -2.15. The minimum Gasteiger partial charge on any atom is -0.480 e. The molecule has 1 rings (SSSR count). The predicted octanol–water partition coefficient (Wildman–Crippen LogP) is 0.239. The van der Waals surface area contributed by atoms with Crippen LogP contribution < -0.4 is 11.1 Å². The summed E-state index contributed by atoms with van der Waals surface area (Å²) in [6, 6.07) is 3.93. The summed E-state index contributed by atoms with van der Waals surface area (Å²) < 4.78 is 17.8. The Kier molecular flexibility index (Phi) is 5.06.